The van der Waals surface area contributed by atoms with E-state index in [1.54, 1.807) is 0 Å². The fourth-order valence-electron chi connectivity index (χ4n) is 0.796. The minimum atomic E-state index is -0.505. The third-order valence-electron chi connectivity index (χ3n) is 1.40. The lowest BCUT2D eigenvalue weighted by molar-refractivity contribution is 0.387. The second-order valence-electron chi connectivity index (χ2n) is 2.11. The van der Waals surface area contributed by atoms with Gasteiger partial charge in [0.25, 0.3) is 0 Å². The molecule has 0 saturated carbocycles. The Labute approximate surface area is 74.2 Å². The summed E-state index contributed by atoms with van der Waals surface area (Å²) in [4.78, 5) is 0. The Morgan fingerprint density at radius 3 is 2.75 bits per heavy atom. The average molecular weight is 191 g/mol. The van der Waals surface area contributed by atoms with Crippen LogP contribution in [0.4, 0.5) is 10.1 Å². The first-order valence-corrected chi connectivity index (χ1v) is 3.56. The maximum atomic E-state index is 12.9. The highest BCUT2D eigenvalue weighted by Gasteiger charge is 2.07. The minimum Gasteiger partial charge on any atom is -0.494 e. The summed E-state index contributed by atoms with van der Waals surface area (Å²) < 4.78 is 17.6. The lowest BCUT2D eigenvalue weighted by Crippen LogP contribution is -2.07. The summed E-state index contributed by atoms with van der Waals surface area (Å²) in [5, 5.41) is 0.316. The summed E-state index contributed by atoms with van der Waals surface area (Å²) in [6, 6.07) is 2.52. The first kappa shape index (κ1) is 9.09. The first-order chi connectivity index (χ1) is 5.69. The summed E-state index contributed by atoms with van der Waals surface area (Å²) in [5.74, 6) is 4.66. The summed E-state index contributed by atoms with van der Waals surface area (Å²) in [6.07, 6.45) is 0. The van der Waals surface area contributed by atoms with Crippen molar-refractivity contribution in [3.8, 4) is 5.75 Å². The normalized spacial score (nSPS) is 9.67. The van der Waals surface area contributed by atoms with Gasteiger partial charge in [-0.3, -0.25) is 5.84 Å². The van der Waals surface area contributed by atoms with E-state index in [1.807, 2.05) is 0 Å². The Hall–Kier alpha value is -1.00. The molecule has 1 aromatic rings. The SMILES string of the molecule is COc1cc(Cl)c(NN)cc1F. The molecule has 0 radical (unpaired) electrons. The van der Waals surface area contributed by atoms with Crippen molar-refractivity contribution in [2.24, 2.45) is 5.84 Å². The van der Waals surface area contributed by atoms with Gasteiger partial charge in [0.15, 0.2) is 11.6 Å². The fourth-order valence-corrected chi connectivity index (χ4v) is 1.00. The summed E-state index contributed by atoms with van der Waals surface area (Å²) >= 11 is 5.69. The summed E-state index contributed by atoms with van der Waals surface area (Å²) in [7, 11) is 1.37. The molecule has 1 rings (SSSR count). The standard InChI is InChI=1S/C7H8ClFN2O/c1-12-7-2-4(8)6(11-10)3-5(7)9/h2-3,11H,10H2,1H3. The van der Waals surface area contributed by atoms with Gasteiger partial charge in [-0.15, -0.1) is 0 Å². The van der Waals surface area contributed by atoms with Crippen LogP contribution in [0.5, 0.6) is 5.75 Å². The second-order valence-corrected chi connectivity index (χ2v) is 2.52. The number of hydrogen-bond acceptors (Lipinski definition) is 3. The maximum Gasteiger partial charge on any atom is 0.167 e. The van der Waals surface area contributed by atoms with Crippen LogP contribution in [0.3, 0.4) is 0 Å². The smallest absolute Gasteiger partial charge is 0.167 e. The first-order valence-electron chi connectivity index (χ1n) is 3.18. The Bertz CT molecular complexity index is 263. The van der Waals surface area contributed by atoms with Gasteiger partial charge in [0.05, 0.1) is 17.8 Å². The predicted octanol–water partition coefficient (Wildman–Crippen LogP) is 1.77. The number of halogens is 2. The van der Waals surface area contributed by atoms with E-state index >= 15 is 0 Å². The van der Waals surface area contributed by atoms with Crippen molar-refractivity contribution in [2.75, 3.05) is 12.5 Å². The fraction of sp³-hybridized carbons (Fsp3) is 0.143. The van der Waals surface area contributed by atoms with Crippen molar-refractivity contribution in [1.29, 1.82) is 0 Å². The van der Waals surface area contributed by atoms with Crippen LogP contribution in [-0.4, -0.2) is 7.11 Å². The lowest BCUT2D eigenvalue weighted by atomic mass is 10.3. The largest absolute Gasteiger partial charge is 0.494 e. The number of ether oxygens (including phenoxy) is 1. The molecule has 0 spiro atoms. The number of anilines is 1. The molecule has 0 aromatic heterocycles. The van der Waals surface area contributed by atoms with Gasteiger partial charge < -0.3 is 10.2 Å². The van der Waals surface area contributed by atoms with Crippen LogP contribution in [0.2, 0.25) is 5.02 Å². The molecule has 3 N–H and O–H groups in total. The molecule has 3 nitrogen and oxygen atoms in total. The van der Waals surface area contributed by atoms with Crippen LogP contribution < -0.4 is 16.0 Å². The van der Waals surface area contributed by atoms with Crippen molar-refractivity contribution in [3.05, 3.63) is 23.0 Å². The van der Waals surface area contributed by atoms with E-state index in [2.05, 4.69) is 5.43 Å². The van der Waals surface area contributed by atoms with Gasteiger partial charge in [0.2, 0.25) is 0 Å². The molecule has 0 fully saturated rings. The molecule has 0 amide bonds. The molecule has 0 unspecified atom stereocenters. The van der Waals surface area contributed by atoms with Gasteiger partial charge >= 0.3 is 0 Å². The number of nitrogens with one attached hydrogen (secondary N) is 1. The van der Waals surface area contributed by atoms with E-state index < -0.39 is 5.82 Å². The zero-order valence-corrected chi connectivity index (χ0v) is 7.15. The summed E-state index contributed by atoms with van der Waals surface area (Å²) in [6.45, 7) is 0. The number of benzene rings is 1. The van der Waals surface area contributed by atoms with Crippen molar-refractivity contribution in [3.63, 3.8) is 0 Å². The molecule has 66 valence electrons. The topological polar surface area (TPSA) is 47.3 Å². The van der Waals surface area contributed by atoms with E-state index in [9.17, 15) is 4.39 Å². The Morgan fingerprint density at radius 1 is 1.58 bits per heavy atom. The van der Waals surface area contributed by atoms with Crippen molar-refractivity contribution >= 4 is 17.3 Å². The number of nitrogens with two attached hydrogens (primary N) is 1. The Morgan fingerprint density at radius 2 is 2.25 bits per heavy atom. The molecule has 1 aromatic carbocycles. The number of rotatable bonds is 2. The van der Waals surface area contributed by atoms with Gasteiger partial charge in [-0.05, 0) is 0 Å². The summed E-state index contributed by atoms with van der Waals surface area (Å²) in [5.41, 5.74) is 2.59. The second kappa shape index (κ2) is 3.60. The Balaban J connectivity index is 3.16. The average Bonchev–Trinajstić information content (AvgIpc) is 2.08. The van der Waals surface area contributed by atoms with E-state index in [4.69, 9.17) is 22.2 Å². The van der Waals surface area contributed by atoms with Gasteiger partial charge in [0, 0.05) is 12.1 Å². The molecule has 0 aliphatic carbocycles. The minimum absolute atomic E-state index is 0.0963. The number of hydrazine groups is 1. The van der Waals surface area contributed by atoms with E-state index in [0.29, 0.717) is 10.7 Å². The van der Waals surface area contributed by atoms with Crippen molar-refractivity contribution in [2.45, 2.75) is 0 Å². The lowest BCUT2D eigenvalue weighted by Gasteiger charge is -2.06. The quantitative estimate of drug-likeness (QED) is 0.552. The van der Waals surface area contributed by atoms with Gasteiger partial charge in [0.1, 0.15) is 0 Å². The molecule has 0 saturated heterocycles. The number of nitrogen functional groups attached to an aromatic ring is 1. The van der Waals surface area contributed by atoms with Crippen LogP contribution >= 0.6 is 11.6 Å². The molecular weight excluding hydrogens is 183 g/mol. The molecule has 5 heteroatoms. The van der Waals surface area contributed by atoms with E-state index in [1.165, 1.54) is 19.2 Å². The zero-order valence-electron chi connectivity index (χ0n) is 6.40. The highest BCUT2D eigenvalue weighted by Crippen LogP contribution is 2.28. The van der Waals surface area contributed by atoms with Crippen molar-refractivity contribution in [1.82, 2.24) is 0 Å². The highest BCUT2D eigenvalue weighted by molar-refractivity contribution is 6.33. The maximum absolute atomic E-state index is 12.9. The van der Waals surface area contributed by atoms with Crippen LogP contribution in [0.25, 0.3) is 0 Å². The molecule has 0 heterocycles. The van der Waals surface area contributed by atoms with Crippen LogP contribution in [0, 0.1) is 5.82 Å². The highest BCUT2D eigenvalue weighted by atomic mass is 35.5. The van der Waals surface area contributed by atoms with Gasteiger partial charge in [-0.1, -0.05) is 11.6 Å². The number of methoxy groups -OCH3 is 1. The number of hydrogen-bond donors (Lipinski definition) is 2. The van der Waals surface area contributed by atoms with E-state index in [-0.39, 0.29) is 5.75 Å². The Kier molecular flexibility index (Phi) is 2.73. The molecule has 0 aliphatic heterocycles. The molecule has 0 aliphatic rings. The monoisotopic (exact) mass is 190 g/mol. The third-order valence-corrected chi connectivity index (χ3v) is 1.71. The molecular formula is C7H8ClFN2O. The van der Waals surface area contributed by atoms with Crippen LogP contribution in [-0.2, 0) is 0 Å². The van der Waals surface area contributed by atoms with E-state index in [0.717, 1.165) is 0 Å². The van der Waals surface area contributed by atoms with Crippen LogP contribution in [0.15, 0.2) is 12.1 Å². The van der Waals surface area contributed by atoms with Crippen molar-refractivity contribution < 1.29 is 9.13 Å². The molecule has 0 atom stereocenters. The third kappa shape index (κ3) is 1.60. The van der Waals surface area contributed by atoms with Gasteiger partial charge in [-0.2, -0.15) is 0 Å². The molecule has 12 heavy (non-hydrogen) atoms. The predicted molar refractivity (Wildman–Crippen MR) is 45.8 cm³/mol. The van der Waals surface area contributed by atoms with Crippen LogP contribution in [0.1, 0.15) is 0 Å². The van der Waals surface area contributed by atoms with Gasteiger partial charge in [-0.25, -0.2) is 4.39 Å². The molecule has 0 bridgehead atoms. The zero-order chi connectivity index (χ0) is 9.14.